The van der Waals surface area contributed by atoms with E-state index in [1.165, 1.54) is 18.2 Å². The van der Waals surface area contributed by atoms with E-state index >= 15 is 0 Å². The van der Waals surface area contributed by atoms with Gasteiger partial charge in [-0.05, 0) is 48.9 Å². The van der Waals surface area contributed by atoms with Crippen LogP contribution >= 0.6 is 11.6 Å². The van der Waals surface area contributed by atoms with Crippen LogP contribution in [0.25, 0.3) is 0 Å². The maximum atomic E-state index is 12.8. The Kier molecular flexibility index (Phi) is 7.03. The summed E-state index contributed by atoms with van der Waals surface area (Å²) in [5.41, 5.74) is 0.735. The maximum Gasteiger partial charge on any atom is 0.338 e. The van der Waals surface area contributed by atoms with Crippen molar-refractivity contribution >= 4 is 33.2 Å². The lowest BCUT2D eigenvalue weighted by Gasteiger charge is -2.10. The number of sulfone groups is 1. The molecular formula is C23H19ClO5S. The number of ether oxygens (including phenoxy) is 1. The molecule has 0 amide bonds. The summed E-state index contributed by atoms with van der Waals surface area (Å²) in [6, 6.07) is 20.8. The molecule has 3 rings (SSSR count). The van der Waals surface area contributed by atoms with Crippen LogP contribution in [0, 0.1) is 0 Å². The minimum atomic E-state index is -3.44. The first-order valence-electron chi connectivity index (χ1n) is 9.23. The second-order valence-corrected chi connectivity index (χ2v) is 9.05. The van der Waals surface area contributed by atoms with Crippen molar-refractivity contribution in [2.45, 2.75) is 11.3 Å². The Bertz CT molecular complexity index is 1140. The van der Waals surface area contributed by atoms with Crippen LogP contribution in [-0.2, 0) is 14.6 Å². The molecule has 0 spiro atoms. The van der Waals surface area contributed by atoms with E-state index < -0.39 is 15.8 Å². The van der Waals surface area contributed by atoms with E-state index in [1.54, 1.807) is 60.7 Å². The van der Waals surface area contributed by atoms with E-state index in [4.69, 9.17) is 16.3 Å². The summed E-state index contributed by atoms with van der Waals surface area (Å²) in [6.45, 7) is -0.0750. The highest BCUT2D eigenvalue weighted by atomic mass is 35.5. The summed E-state index contributed by atoms with van der Waals surface area (Å²) in [6.07, 6.45) is 0.149. The topological polar surface area (TPSA) is 77.5 Å². The molecule has 0 bridgehead atoms. The average molecular weight is 443 g/mol. The zero-order chi connectivity index (χ0) is 21.6. The molecule has 0 unspecified atom stereocenters. The minimum absolute atomic E-state index is 0.0750. The van der Waals surface area contributed by atoms with Gasteiger partial charge in [0.15, 0.2) is 15.6 Å². The molecule has 3 aromatic rings. The molecule has 0 aliphatic carbocycles. The van der Waals surface area contributed by atoms with Gasteiger partial charge in [0.2, 0.25) is 0 Å². The largest absolute Gasteiger partial charge is 0.462 e. The van der Waals surface area contributed by atoms with Crippen LogP contribution in [-0.4, -0.2) is 32.5 Å². The van der Waals surface area contributed by atoms with Crippen molar-refractivity contribution in [3.05, 3.63) is 101 Å². The Morgan fingerprint density at radius 2 is 1.40 bits per heavy atom. The van der Waals surface area contributed by atoms with Crippen LogP contribution < -0.4 is 0 Å². The van der Waals surface area contributed by atoms with Crippen molar-refractivity contribution in [3.8, 4) is 0 Å². The molecule has 3 aromatic carbocycles. The van der Waals surface area contributed by atoms with Gasteiger partial charge in [0.05, 0.1) is 22.8 Å². The first kappa shape index (κ1) is 21.7. The Balaban J connectivity index is 1.64. The molecule has 0 atom stereocenters. The van der Waals surface area contributed by atoms with Crippen molar-refractivity contribution in [2.75, 3.05) is 12.4 Å². The fraction of sp³-hybridized carbons (Fsp3) is 0.130. The lowest BCUT2D eigenvalue weighted by molar-refractivity contribution is 0.0503. The Morgan fingerprint density at radius 1 is 0.800 bits per heavy atom. The summed E-state index contributed by atoms with van der Waals surface area (Å²) in [5.74, 6) is -1.15. The highest BCUT2D eigenvalue weighted by Gasteiger charge is 2.20. The normalized spacial score (nSPS) is 11.1. The van der Waals surface area contributed by atoms with Gasteiger partial charge in [0.1, 0.15) is 0 Å². The molecule has 0 aliphatic rings. The van der Waals surface area contributed by atoms with Gasteiger partial charge in [0, 0.05) is 16.1 Å². The summed E-state index contributed by atoms with van der Waals surface area (Å²) in [7, 11) is -3.44. The number of carbonyl (C=O) groups excluding carboxylic acids is 2. The van der Waals surface area contributed by atoms with Gasteiger partial charge in [-0.3, -0.25) is 4.79 Å². The van der Waals surface area contributed by atoms with Crippen molar-refractivity contribution in [2.24, 2.45) is 0 Å². The number of carbonyl (C=O) groups is 2. The fourth-order valence-corrected chi connectivity index (χ4v) is 4.28. The maximum absolute atomic E-state index is 12.8. The van der Waals surface area contributed by atoms with Gasteiger partial charge in [-0.25, -0.2) is 13.2 Å². The number of hydrogen-bond donors (Lipinski definition) is 0. The van der Waals surface area contributed by atoms with Crippen molar-refractivity contribution < 1.29 is 22.7 Å². The molecule has 7 heteroatoms. The van der Waals surface area contributed by atoms with Gasteiger partial charge < -0.3 is 4.74 Å². The van der Waals surface area contributed by atoms with Crippen LogP contribution in [0.3, 0.4) is 0 Å². The van der Waals surface area contributed by atoms with Crippen LogP contribution in [0.1, 0.15) is 32.7 Å². The number of rotatable bonds is 8. The Labute approximate surface area is 180 Å². The van der Waals surface area contributed by atoms with Crippen LogP contribution in [0.15, 0.2) is 83.8 Å². The van der Waals surface area contributed by atoms with Gasteiger partial charge in [-0.1, -0.05) is 48.0 Å². The lowest BCUT2D eigenvalue weighted by atomic mass is 9.98. The SMILES string of the molecule is O=C(OCCCS(=O)(=O)c1ccccc1)c1ccccc1C(=O)c1ccc(Cl)cc1. The molecule has 0 N–H and O–H groups in total. The smallest absolute Gasteiger partial charge is 0.338 e. The summed E-state index contributed by atoms with van der Waals surface area (Å²) in [5, 5.41) is 0.504. The quantitative estimate of drug-likeness (QED) is 0.289. The Morgan fingerprint density at radius 3 is 2.07 bits per heavy atom. The highest BCUT2D eigenvalue weighted by molar-refractivity contribution is 7.91. The third-order valence-electron chi connectivity index (χ3n) is 4.39. The molecular weight excluding hydrogens is 424 g/mol. The molecule has 0 saturated carbocycles. The van der Waals surface area contributed by atoms with Crippen molar-refractivity contribution in [1.29, 1.82) is 0 Å². The zero-order valence-corrected chi connectivity index (χ0v) is 17.5. The summed E-state index contributed by atoms with van der Waals surface area (Å²) < 4.78 is 29.8. The summed E-state index contributed by atoms with van der Waals surface area (Å²) in [4.78, 5) is 25.5. The van der Waals surface area contributed by atoms with Gasteiger partial charge in [0.25, 0.3) is 0 Å². The van der Waals surface area contributed by atoms with E-state index in [2.05, 4.69) is 0 Å². The molecule has 5 nitrogen and oxygen atoms in total. The Hall–Kier alpha value is -2.96. The zero-order valence-electron chi connectivity index (χ0n) is 16.0. The number of halogens is 1. The van der Waals surface area contributed by atoms with Crippen molar-refractivity contribution in [3.63, 3.8) is 0 Å². The average Bonchev–Trinajstić information content (AvgIpc) is 2.77. The van der Waals surface area contributed by atoms with Crippen LogP contribution in [0.4, 0.5) is 0 Å². The number of hydrogen-bond acceptors (Lipinski definition) is 5. The van der Waals surface area contributed by atoms with E-state index in [9.17, 15) is 18.0 Å². The van der Waals surface area contributed by atoms with E-state index in [0.717, 1.165) is 0 Å². The third kappa shape index (κ3) is 5.34. The second kappa shape index (κ2) is 9.69. The van der Waals surface area contributed by atoms with Gasteiger partial charge >= 0.3 is 5.97 Å². The predicted molar refractivity (Wildman–Crippen MR) is 115 cm³/mol. The fourth-order valence-electron chi connectivity index (χ4n) is 2.85. The van der Waals surface area contributed by atoms with E-state index in [-0.39, 0.29) is 40.6 Å². The summed E-state index contributed by atoms with van der Waals surface area (Å²) >= 11 is 5.86. The van der Waals surface area contributed by atoms with Crippen molar-refractivity contribution in [1.82, 2.24) is 0 Å². The molecule has 0 saturated heterocycles. The van der Waals surface area contributed by atoms with Gasteiger partial charge in [-0.2, -0.15) is 0 Å². The van der Waals surface area contributed by atoms with Crippen LogP contribution in [0.2, 0.25) is 5.02 Å². The molecule has 0 aliphatic heterocycles. The molecule has 154 valence electrons. The second-order valence-electron chi connectivity index (χ2n) is 6.50. The predicted octanol–water partition coefficient (Wildman–Crippen LogP) is 4.59. The standard InChI is InChI=1S/C23H19ClO5S/c24-18-13-11-17(12-14-18)22(25)20-9-4-5-10-21(20)23(26)29-15-6-16-30(27,28)19-7-2-1-3-8-19/h1-5,7-14H,6,15-16H2. The van der Waals surface area contributed by atoms with E-state index in [0.29, 0.717) is 10.6 Å². The molecule has 0 heterocycles. The number of benzene rings is 3. The lowest BCUT2D eigenvalue weighted by Crippen LogP contribution is -2.15. The molecule has 30 heavy (non-hydrogen) atoms. The highest BCUT2D eigenvalue weighted by Crippen LogP contribution is 2.18. The van der Waals surface area contributed by atoms with Crippen LogP contribution in [0.5, 0.6) is 0 Å². The molecule has 0 aromatic heterocycles. The molecule has 0 fully saturated rings. The third-order valence-corrected chi connectivity index (χ3v) is 6.46. The minimum Gasteiger partial charge on any atom is -0.462 e. The van der Waals surface area contributed by atoms with Gasteiger partial charge in [-0.15, -0.1) is 0 Å². The first-order chi connectivity index (χ1) is 14.4. The van der Waals surface area contributed by atoms with E-state index in [1.807, 2.05) is 0 Å². The molecule has 0 radical (unpaired) electrons. The number of ketones is 1. The first-order valence-corrected chi connectivity index (χ1v) is 11.3. The number of esters is 1. The monoisotopic (exact) mass is 442 g/mol.